The second-order valence-corrected chi connectivity index (χ2v) is 2.56. The van der Waals surface area contributed by atoms with Crippen LogP contribution in [0.5, 0.6) is 5.75 Å². The second-order valence-electron chi connectivity index (χ2n) is 2.56. The summed E-state index contributed by atoms with van der Waals surface area (Å²) in [5.41, 5.74) is 0. The molecule has 15 heavy (non-hydrogen) atoms. The Bertz CT molecular complexity index is 289. The van der Waals surface area contributed by atoms with E-state index in [2.05, 4.69) is 10.1 Å². The minimum atomic E-state index is -4.76. The Morgan fingerprint density at radius 1 is 1.20 bits per heavy atom. The topological polar surface area (TPSA) is 32.6 Å². The van der Waals surface area contributed by atoms with E-state index in [9.17, 15) is 13.2 Å². The minimum Gasteiger partial charge on any atom is -0.604 e. The first kappa shape index (κ1) is 11.8. The fourth-order valence-electron chi connectivity index (χ4n) is 0.859. The standard InChI is InChI=1S/C9H9F3NO2/c1-13-8(15-9(10,11)12)14-7-5-3-2-4-6-7/h2-6,8H,1H3/q-1. The summed E-state index contributed by atoms with van der Waals surface area (Å²) in [5, 5.41) is 3.30. The second kappa shape index (κ2) is 4.99. The summed E-state index contributed by atoms with van der Waals surface area (Å²) in [5.74, 6) is 0.261. The number of ether oxygens (including phenoxy) is 2. The van der Waals surface area contributed by atoms with Gasteiger partial charge < -0.3 is 10.1 Å². The first-order valence-electron chi connectivity index (χ1n) is 4.06. The molecule has 1 atom stereocenters. The Morgan fingerprint density at radius 3 is 2.27 bits per heavy atom. The van der Waals surface area contributed by atoms with Crippen molar-refractivity contribution in [1.29, 1.82) is 0 Å². The third-order valence-electron chi connectivity index (χ3n) is 1.43. The Hall–Kier alpha value is -1.27. The number of rotatable bonds is 4. The maximum atomic E-state index is 11.8. The minimum absolute atomic E-state index is 0.261. The smallest absolute Gasteiger partial charge is 0.524 e. The number of para-hydroxylation sites is 1. The molecule has 0 N–H and O–H groups in total. The van der Waals surface area contributed by atoms with E-state index in [-0.39, 0.29) is 5.75 Å². The Balaban J connectivity index is 2.55. The maximum absolute atomic E-state index is 11.8. The van der Waals surface area contributed by atoms with E-state index in [1.807, 2.05) is 0 Å². The van der Waals surface area contributed by atoms with E-state index in [0.29, 0.717) is 0 Å². The molecule has 84 valence electrons. The lowest BCUT2D eigenvalue weighted by molar-refractivity contribution is -0.360. The predicted molar refractivity (Wildman–Crippen MR) is 47.3 cm³/mol. The molecule has 0 bridgehead atoms. The van der Waals surface area contributed by atoms with Crippen molar-refractivity contribution in [3.8, 4) is 5.75 Å². The Morgan fingerprint density at radius 2 is 1.80 bits per heavy atom. The van der Waals surface area contributed by atoms with Crippen molar-refractivity contribution in [2.45, 2.75) is 12.8 Å². The SMILES string of the molecule is C[N-]C(Oc1ccccc1)OC(F)(F)F. The molecule has 0 spiro atoms. The van der Waals surface area contributed by atoms with E-state index in [1.165, 1.54) is 19.2 Å². The average Bonchev–Trinajstić information content (AvgIpc) is 2.16. The molecule has 0 aromatic heterocycles. The molecule has 1 aromatic carbocycles. The van der Waals surface area contributed by atoms with Gasteiger partial charge in [0.25, 0.3) is 0 Å². The van der Waals surface area contributed by atoms with Crippen molar-refractivity contribution in [2.75, 3.05) is 7.05 Å². The molecule has 1 unspecified atom stereocenters. The van der Waals surface area contributed by atoms with Crippen molar-refractivity contribution in [3.05, 3.63) is 35.6 Å². The van der Waals surface area contributed by atoms with Crippen molar-refractivity contribution in [1.82, 2.24) is 0 Å². The van der Waals surface area contributed by atoms with Crippen molar-refractivity contribution in [3.63, 3.8) is 0 Å². The molecule has 0 aliphatic carbocycles. The van der Waals surface area contributed by atoms with Gasteiger partial charge in [-0.3, -0.25) is 4.74 Å². The first-order chi connectivity index (χ1) is 7.01. The van der Waals surface area contributed by atoms with E-state index in [1.54, 1.807) is 18.2 Å². The largest absolute Gasteiger partial charge is 0.604 e. The lowest BCUT2D eigenvalue weighted by Crippen LogP contribution is -2.27. The highest BCUT2D eigenvalue weighted by Gasteiger charge is 2.31. The summed E-state index contributed by atoms with van der Waals surface area (Å²) in [7, 11) is 1.18. The zero-order valence-corrected chi connectivity index (χ0v) is 7.86. The van der Waals surface area contributed by atoms with Crippen LogP contribution in [0, 0.1) is 0 Å². The zero-order chi connectivity index (χ0) is 11.3. The van der Waals surface area contributed by atoms with Gasteiger partial charge in [-0.25, -0.2) is 0 Å². The van der Waals surface area contributed by atoms with Crippen molar-refractivity contribution < 1.29 is 22.6 Å². The van der Waals surface area contributed by atoms with E-state index >= 15 is 0 Å². The first-order valence-corrected chi connectivity index (χ1v) is 4.06. The van der Waals surface area contributed by atoms with Crippen LogP contribution in [0.4, 0.5) is 13.2 Å². The van der Waals surface area contributed by atoms with Crippen molar-refractivity contribution >= 4 is 0 Å². The Kier molecular flexibility index (Phi) is 3.93. The fraction of sp³-hybridized carbons (Fsp3) is 0.333. The van der Waals surface area contributed by atoms with Gasteiger partial charge in [0.2, 0.25) is 0 Å². The van der Waals surface area contributed by atoms with Crippen LogP contribution < -0.4 is 4.74 Å². The monoisotopic (exact) mass is 220 g/mol. The summed E-state index contributed by atoms with van der Waals surface area (Å²) in [6, 6.07) is 8.01. The van der Waals surface area contributed by atoms with Crippen LogP contribution in [0.2, 0.25) is 0 Å². The van der Waals surface area contributed by atoms with Crippen LogP contribution in [0.25, 0.3) is 5.32 Å². The lowest BCUT2D eigenvalue weighted by atomic mass is 10.3. The summed E-state index contributed by atoms with van der Waals surface area (Å²) in [4.78, 5) is 0. The lowest BCUT2D eigenvalue weighted by Gasteiger charge is -2.29. The van der Waals surface area contributed by atoms with Crippen LogP contribution in [0.1, 0.15) is 0 Å². The number of nitrogens with zero attached hydrogens (tertiary/aromatic N) is 1. The molecule has 1 aromatic rings. The summed E-state index contributed by atoms with van der Waals surface area (Å²) >= 11 is 0. The highest BCUT2D eigenvalue weighted by Crippen LogP contribution is 2.22. The quantitative estimate of drug-likeness (QED) is 0.731. The molecule has 1 rings (SSSR count). The van der Waals surface area contributed by atoms with Crippen molar-refractivity contribution in [2.24, 2.45) is 0 Å². The van der Waals surface area contributed by atoms with Gasteiger partial charge in [0, 0.05) is 0 Å². The number of benzene rings is 1. The normalized spacial score (nSPS) is 13.6. The van der Waals surface area contributed by atoms with Gasteiger partial charge in [-0.1, -0.05) is 18.2 Å². The molecule has 0 aliphatic heterocycles. The number of hydrogen-bond donors (Lipinski definition) is 0. The predicted octanol–water partition coefficient (Wildman–Crippen LogP) is 2.89. The Labute approximate surface area is 84.8 Å². The van der Waals surface area contributed by atoms with Gasteiger partial charge in [-0.2, -0.15) is 7.05 Å². The van der Waals surface area contributed by atoms with E-state index in [4.69, 9.17) is 4.74 Å². The van der Waals surface area contributed by atoms with Gasteiger partial charge >= 0.3 is 6.36 Å². The van der Waals surface area contributed by atoms with Gasteiger partial charge in [-0.05, 0) is 12.1 Å². The van der Waals surface area contributed by atoms with E-state index in [0.717, 1.165) is 0 Å². The summed E-state index contributed by atoms with van der Waals surface area (Å²) < 4.78 is 43.9. The summed E-state index contributed by atoms with van der Waals surface area (Å²) in [6.07, 6.45) is -6.44. The molecule has 0 saturated heterocycles. The number of halogens is 3. The summed E-state index contributed by atoms with van der Waals surface area (Å²) in [6.45, 7) is 0. The zero-order valence-electron chi connectivity index (χ0n) is 7.86. The highest BCUT2D eigenvalue weighted by molar-refractivity contribution is 5.21. The fourth-order valence-corrected chi connectivity index (χ4v) is 0.859. The number of hydrogen-bond acceptors (Lipinski definition) is 2. The van der Waals surface area contributed by atoms with Crippen LogP contribution in [0.3, 0.4) is 0 Å². The van der Waals surface area contributed by atoms with Gasteiger partial charge in [0.15, 0.2) is 0 Å². The molecular weight excluding hydrogens is 211 g/mol. The molecule has 0 saturated carbocycles. The number of alkyl halides is 3. The van der Waals surface area contributed by atoms with Crippen LogP contribution in [-0.2, 0) is 4.74 Å². The molecule has 0 aliphatic rings. The third kappa shape index (κ3) is 4.66. The van der Waals surface area contributed by atoms with Crippen LogP contribution in [0.15, 0.2) is 30.3 Å². The molecule has 0 heterocycles. The van der Waals surface area contributed by atoms with Gasteiger partial charge in [-0.15, -0.1) is 13.2 Å². The molecule has 3 nitrogen and oxygen atoms in total. The highest BCUT2D eigenvalue weighted by atomic mass is 19.4. The molecule has 0 amide bonds. The van der Waals surface area contributed by atoms with Gasteiger partial charge in [0.1, 0.15) is 12.2 Å². The van der Waals surface area contributed by atoms with Crippen LogP contribution in [-0.4, -0.2) is 19.8 Å². The van der Waals surface area contributed by atoms with Gasteiger partial charge in [0.05, 0.1) is 0 Å². The maximum Gasteiger partial charge on any atom is 0.524 e. The molecule has 6 heteroatoms. The van der Waals surface area contributed by atoms with E-state index < -0.39 is 12.8 Å². The molecule has 0 fully saturated rings. The molecular formula is C9H9F3NO2-. The molecule has 0 radical (unpaired) electrons. The third-order valence-corrected chi connectivity index (χ3v) is 1.43. The van der Waals surface area contributed by atoms with Crippen LogP contribution >= 0.6 is 0 Å². The average molecular weight is 220 g/mol.